The highest BCUT2D eigenvalue weighted by Gasteiger charge is 2.15. The Balaban J connectivity index is 1.66. The maximum atomic E-state index is 12.7. The van der Waals surface area contributed by atoms with E-state index in [1.54, 1.807) is 24.3 Å². The number of urea groups is 1. The van der Waals surface area contributed by atoms with Gasteiger partial charge in [0.1, 0.15) is 6.04 Å². The summed E-state index contributed by atoms with van der Waals surface area (Å²) in [6, 6.07) is 23.0. The van der Waals surface area contributed by atoms with Crippen LogP contribution in [-0.2, 0) is 0 Å². The largest absolute Gasteiger partial charge is 0.352 e. The standard InChI is InChI=1S/C27H26ClN3O3/c1-19(31(34)27(29)33)10-11-20-6-5-9-23(18-20)26(32)30-17-16-25(21-7-3-2-4-8-21)22-12-14-24(28)15-13-22/h2-9,12-15,18-19,25,34H,16-17H2,1H3,(H2,29,33)(H,30,32). The number of nitrogens with one attached hydrogen (secondary N) is 1. The fraction of sp³-hybridized carbons (Fsp3) is 0.185. The Morgan fingerprint density at radius 1 is 1.03 bits per heavy atom. The molecule has 3 amide bonds. The lowest BCUT2D eigenvalue weighted by molar-refractivity contribution is -0.0536. The molecule has 3 rings (SSSR count). The molecule has 0 spiro atoms. The van der Waals surface area contributed by atoms with Gasteiger partial charge in [0.15, 0.2) is 0 Å². The summed E-state index contributed by atoms with van der Waals surface area (Å²) in [5.74, 6) is 5.48. The molecule has 6 nitrogen and oxygen atoms in total. The number of nitrogens with two attached hydrogens (primary N) is 1. The van der Waals surface area contributed by atoms with E-state index in [9.17, 15) is 14.8 Å². The first-order valence-electron chi connectivity index (χ1n) is 10.8. The average molecular weight is 476 g/mol. The number of halogens is 1. The minimum Gasteiger partial charge on any atom is -0.352 e. The zero-order valence-electron chi connectivity index (χ0n) is 18.7. The molecule has 0 aliphatic heterocycles. The van der Waals surface area contributed by atoms with E-state index in [4.69, 9.17) is 17.3 Å². The van der Waals surface area contributed by atoms with E-state index >= 15 is 0 Å². The van der Waals surface area contributed by atoms with E-state index in [1.807, 2.05) is 42.5 Å². The summed E-state index contributed by atoms with van der Waals surface area (Å²) < 4.78 is 0. The number of nitrogens with zero attached hydrogens (tertiary/aromatic N) is 1. The molecule has 0 aromatic heterocycles. The van der Waals surface area contributed by atoms with Crippen molar-refractivity contribution in [2.75, 3.05) is 6.54 Å². The molecule has 3 aromatic carbocycles. The highest BCUT2D eigenvalue weighted by atomic mass is 35.5. The van der Waals surface area contributed by atoms with Crippen molar-refractivity contribution in [3.05, 3.63) is 106 Å². The first-order valence-corrected chi connectivity index (χ1v) is 11.2. The summed E-state index contributed by atoms with van der Waals surface area (Å²) in [4.78, 5) is 23.8. The molecule has 2 unspecified atom stereocenters. The maximum Gasteiger partial charge on any atom is 0.339 e. The molecule has 174 valence electrons. The third kappa shape index (κ3) is 6.85. The van der Waals surface area contributed by atoms with Gasteiger partial charge in [0.25, 0.3) is 5.91 Å². The topological polar surface area (TPSA) is 95.7 Å². The molecule has 0 bridgehead atoms. The van der Waals surface area contributed by atoms with Crippen molar-refractivity contribution in [1.29, 1.82) is 0 Å². The summed E-state index contributed by atoms with van der Waals surface area (Å²) in [5.41, 5.74) is 8.38. The second-order valence-corrected chi connectivity index (χ2v) is 8.20. The van der Waals surface area contributed by atoms with Crippen molar-refractivity contribution in [2.45, 2.75) is 25.3 Å². The third-order valence-electron chi connectivity index (χ3n) is 5.34. The van der Waals surface area contributed by atoms with E-state index in [0.717, 1.165) is 5.56 Å². The quantitative estimate of drug-likeness (QED) is 0.260. The van der Waals surface area contributed by atoms with E-state index in [0.29, 0.717) is 34.2 Å². The number of hydrogen-bond donors (Lipinski definition) is 3. The van der Waals surface area contributed by atoms with Gasteiger partial charge in [-0.1, -0.05) is 72.0 Å². The smallest absolute Gasteiger partial charge is 0.339 e. The van der Waals surface area contributed by atoms with Crippen LogP contribution in [0.15, 0.2) is 78.9 Å². The van der Waals surface area contributed by atoms with Crippen LogP contribution in [0.4, 0.5) is 4.79 Å². The molecule has 0 radical (unpaired) electrons. The molecule has 0 saturated carbocycles. The van der Waals surface area contributed by atoms with Crippen LogP contribution in [0.1, 0.15) is 46.3 Å². The molecular weight excluding hydrogens is 450 g/mol. The molecule has 0 aliphatic carbocycles. The Morgan fingerprint density at radius 2 is 1.71 bits per heavy atom. The predicted molar refractivity (Wildman–Crippen MR) is 133 cm³/mol. The summed E-state index contributed by atoms with van der Waals surface area (Å²) in [6.07, 6.45) is 0.716. The Kier molecular flexibility index (Phi) is 8.69. The minimum atomic E-state index is -0.984. The molecule has 0 heterocycles. The highest BCUT2D eigenvalue weighted by molar-refractivity contribution is 6.30. The van der Waals surface area contributed by atoms with Gasteiger partial charge in [-0.15, -0.1) is 0 Å². The number of rotatable bonds is 7. The van der Waals surface area contributed by atoms with Gasteiger partial charge in [-0.25, -0.2) is 4.79 Å². The fourth-order valence-corrected chi connectivity index (χ4v) is 3.64. The maximum absolute atomic E-state index is 12.7. The van der Waals surface area contributed by atoms with Gasteiger partial charge in [0.2, 0.25) is 0 Å². The van der Waals surface area contributed by atoms with Gasteiger partial charge < -0.3 is 11.1 Å². The number of primary amides is 1. The van der Waals surface area contributed by atoms with Crippen molar-refractivity contribution in [2.24, 2.45) is 5.73 Å². The number of carbonyl (C=O) groups is 2. The summed E-state index contributed by atoms with van der Waals surface area (Å²) in [6.45, 7) is 2.02. The molecule has 0 fully saturated rings. The van der Waals surface area contributed by atoms with E-state index in [-0.39, 0.29) is 11.8 Å². The Morgan fingerprint density at radius 3 is 2.38 bits per heavy atom. The first-order chi connectivity index (χ1) is 16.3. The zero-order chi connectivity index (χ0) is 24.5. The highest BCUT2D eigenvalue weighted by Crippen LogP contribution is 2.28. The van der Waals surface area contributed by atoms with Gasteiger partial charge in [-0.3, -0.25) is 10.0 Å². The van der Waals surface area contributed by atoms with Gasteiger partial charge >= 0.3 is 6.03 Å². The molecule has 0 aliphatic rings. The fourth-order valence-electron chi connectivity index (χ4n) is 3.52. The van der Waals surface area contributed by atoms with Crippen LogP contribution in [0.5, 0.6) is 0 Å². The van der Waals surface area contributed by atoms with Gasteiger partial charge in [0.05, 0.1) is 0 Å². The molecule has 3 aromatic rings. The monoisotopic (exact) mass is 475 g/mol. The van der Waals surface area contributed by atoms with Crippen LogP contribution >= 0.6 is 11.6 Å². The lowest BCUT2D eigenvalue weighted by atomic mass is 9.88. The lowest BCUT2D eigenvalue weighted by Crippen LogP contribution is -2.38. The molecular formula is C27H26ClN3O3. The Bertz CT molecular complexity index is 1190. The van der Waals surface area contributed by atoms with Crippen molar-refractivity contribution in [3.8, 4) is 11.8 Å². The second-order valence-electron chi connectivity index (χ2n) is 7.77. The Hall–Kier alpha value is -3.79. The lowest BCUT2D eigenvalue weighted by Gasteiger charge is -2.18. The number of amides is 3. The molecule has 0 saturated heterocycles. The summed E-state index contributed by atoms with van der Waals surface area (Å²) in [7, 11) is 0. The zero-order valence-corrected chi connectivity index (χ0v) is 19.5. The van der Waals surface area contributed by atoms with Gasteiger partial charge in [-0.2, -0.15) is 5.06 Å². The SMILES string of the molecule is CC(C#Cc1cccc(C(=O)NCCC(c2ccccc2)c2ccc(Cl)cc2)c1)N(O)C(N)=O. The van der Waals surface area contributed by atoms with E-state index < -0.39 is 12.1 Å². The Labute approximate surface area is 204 Å². The van der Waals surface area contributed by atoms with Crippen molar-refractivity contribution >= 4 is 23.5 Å². The third-order valence-corrected chi connectivity index (χ3v) is 5.59. The number of hydroxylamine groups is 2. The van der Waals surface area contributed by atoms with Crippen LogP contribution in [0.3, 0.4) is 0 Å². The summed E-state index contributed by atoms with van der Waals surface area (Å²) in [5, 5.41) is 13.5. The van der Waals surface area contributed by atoms with Crippen LogP contribution in [0.25, 0.3) is 0 Å². The molecule has 4 N–H and O–H groups in total. The van der Waals surface area contributed by atoms with E-state index in [2.05, 4.69) is 29.3 Å². The van der Waals surface area contributed by atoms with Crippen molar-refractivity contribution in [3.63, 3.8) is 0 Å². The van der Waals surface area contributed by atoms with Crippen LogP contribution < -0.4 is 11.1 Å². The van der Waals surface area contributed by atoms with Crippen LogP contribution in [0.2, 0.25) is 5.02 Å². The second kappa shape index (κ2) is 11.9. The van der Waals surface area contributed by atoms with Gasteiger partial charge in [-0.05, 0) is 54.8 Å². The van der Waals surface area contributed by atoms with Crippen LogP contribution in [-0.4, -0.2) is 34.8 Å². The number of benzene rings is 3. The van der Waals surface area contributed by atoms with Gasteiger partial charge in [0, 0.05) is 28.6 Å². The van der Waals surface area contributed by atoms with Crippen molar-refractivity contribution in [1.82, 2.24) is 10.4 Å². The normalized spacial score (nSPS) is 12.1. The minimum absolute atomic E-state index is 0.115. The first kappa shape index (κ1) is 24.8. The molecule has 7 heteroatoms. The number of hydrogen-bond acceptors (Lipinski definition) is 3. The predicted octanol–water partition coefficient (Wildman–Crippen LogP) is 4.80. The number of carbonyl (C=O) groups excluding carboxylic acids is 2. The molecule has 34 heavy (non-hydrogen) atoms. The summed E-state index contributed by atoms with van der Waals surface area (Å²) >= 11 is 6.06. The van der Waals surface area contributed by atoms with Crippen LogP contribution in [0, 0.1) is 11.8 Å². The van der Waals surface area contributed by atoms with E-state index in [1.165, 1.54) is 12.5 Å². The molecule has 2 atom stereocenters. The van der Waals surface area contributed by atoms with Crippen molar-refractivity contribution < 1.29 is 14.8 Å². The average Bonchev–Trinajstić information content (AvgIpc) is 2.86.